The number of carbonyl (C=O) groups is 1. The van der Waals surface area contributed by atoms with Crippen LogP contribution < -0.4 is 11.1 Å². The molecule has 0 aliphatic heterocycles. The summed E-state index contributed by atoms with van der Waals surface area (Å²) in [5.41, 5.74) is 6.85. The Morgan fingerprint density at radius 2 is 2.30 bits per heavy atom. The number of anilines is 2. The average Bonchev–Trinajstić information content (AvgIpc) is 2.38. The Bertz CT molecular complexity index is 617. The van der Waals surface area contributed by atoms with Gasteiger partial charge in [0.25, 0.3) is 0 Å². The molecule has 20 heavy (non-hydrogen) atoms. The summed E-state index contributed by atoms with van der Waals surface area (Å²) in [5.74, 6) is 0.331. The second-order valence-electron chi connectivity index (χ2n) is 3.90. The van der Waals surface area contributed by atoms with Crippen molar-refractivity contribution in [1.82, 2.24) is 15.0 Å². The van der Waals surface area contributed by atoms with E-state index in [4.69, 9.17) is 17.3 Å². The number of amides is 1. The SMILES string of the molecule is Cc1cc(N)nc(SCC(=O)Nc2cccnc2Cl)n1. The maximum absolute atomic E-state index is 11.8. The number of rotatable bonds is 4. The van der Waals surface area contributed by atoms with Gasteiger partial charge in [-0.3, -0.25) is 4.79 Å². The minimum Gasteiger partial charge on any atom is -0.384 e. The van der Waals surface area contributed by atoms with Crippen molar-refractivity contribution in [3.8, 4) is 0 Å². The fourth-order valence-corrected chi connectivity index (χ4v) is 2.30. The van der Waals surface area contributed by atoms with Crippen LogP contribution in [0.5, 0.6) is 0 Å². The van der Waals surface area contributed by atoms with Crippen molar-refractivity contribution in [3.05, 3.63) is 35.2 Å². The minimum atomic E-state index is -0.214. The Morgan fingerprint density at radius 1 is 1.50 bits per heavy atom. The summed E-state index contributed by atoms with van der Waals surface area (Å²) in [6.45, 7) is 1.82. The van der Waals surface area contributed by atoms with Crippen LogP contribution in [0, 0.1) is 6.92 Å². The number of nitrogens with zero attached hydrogens (tertiary/aromatic N) is 3. The number of hydrogen-bond acceptors (Lipinski definition) is 6. The molecule has 0 atom stereocenters. The molecule has 0 saturated carbocycles. The molecule has 0 aliphatic rings. The molecule has 0 aliphatic carbocycles. The van der Waals surface area contributed by atoms with Crippen molar-refractivity contribution in [2.75, 3.05) is 16.8 Å². The van der Waals surface area contributed by atoms with Crippen molar-refractivity contribution < 1.29 is 4.79 Å². The molecule has 0 bridgehead atoms. The summed E-state index contributed by atoms with van der Waals surface area (Å²) in [6, 6.07) is 5.04. The largest absolute Gasteiger partial charge is 0.384 e. The van der Waals surface area contributed by atoms with E-state index in [0.717, 1.165) is 5.69 Å². The number of aryl methyl sites for hydroxylation is 1. The molecule has 0 spiro atoms. The van der Waals surface area contributed by atoms with Crippen molar-refractivity contribution in [2.24, 2.45) is 0 Å². The van der Waals surface area contributed by atoms with Gasteiger partial charge in [0.15, 0.2) is 10.3 Å². The number of nitrogen functional groups attached to an aromatic ring is 1. The molecule has 8 heteroatoms. The molecule has 104 valence electrons. The predicted molar refractivity (Wildman–Crippen MR) is 79.8 cm³/mol. The van der Waals surface area contributed by atoms with Crippen LogP contribution >= 0.6 is 23.4 Å². The number of nitrogens with one attached hydrogen (secondary N) is 1. The zero-order valence-corrected chi connectivity index (χ0v) is 12.2. The topological polar surface area (TPSA) is 93.8 Å². The molecule has 2 aromatic heterocycles. The van der Waals surface area contributed by atoms with Crippen LogP contribution in [0.2, 0.25) is 5.15 Å². The fraction of sp³-hybridized carbons (Fsp3) is 0.167. The fourth-order valence-electron chi connectivity index (χ4n) is 1.43. The Labute approximate surface area is 125 Å². The van der Waals surface area contributed by atoms with Crippen LogP contribution in [-0.4, -0.2) is 26.6 Å². The molecule has 0 radical (unpaired) electrons. The highest BCUT2D eigenvalue weighted by Gasteiger charge is 2.08. The highest BCUT2D eigenvalue weighted by atomic mass is 35.5. The molecule has 2 heterocycles. The van der Waals surface area contributed by atoms with Gasteiger partial charge in [-0.1, -0.05) is 23.4 Å². The second-order valence-corrected chi connectivity index (χ2v) is 5.20. The first-order valence-corrected chi connectivity index (χ1v) is 7.05. The zero-order valence-electron chi connectivity index (χ0n) is 10.6. The van der Waals surface area contributed by atoms with Gasteiger partial charge in [-0.2, -0.15) is 0 Å². The van der Waals surface area contributed by atoms with Crippen LogP contribution in [0.1, 0.15) is 5.69 Å². The molecular weight excluding hydrogens is 298 g/mol. The van der Waals surface area contributed by atoms with Gasteiger partial charge in [0.1, 0.15) is 5.82 Å². The molecule has 3 N–H and O–H groups in total. The van der Waals surface area contributed by atoms with Gasteiger partial charge in [-0.05, 0) is 19.1 Å². The number of aromatic nitrogens is 3. The molecule has 2 rings (SSSR count). The minimum absolute atomic E-state index is 0.161. The van der Waals surface area contributed by atoms with Gasteiger partial charge in [0.05, 0.1) is 11.4 Å². The standard InChI is InChI=1S/C12H12ClN5OS/c1-7-5-9(14)18-12(16-7)20-6-10(19)17-8-3-2-4-15-11(8)13/h2-5H,6H2,1H3,(H,17,19)(H2,14,16,18). The van der Waals surface area contributed by atoms with Gasteiger partial charge in [0, 0.05) is 18.0 Å². The quantitative estimate of drug-likeness (QED) is 0.510. The van der Waals surface area contributed by atoms with Gasteiger partial charge >= 0.3 is 0 Å². The third-order valence-corrected chi connectivity index (χ3v) is 3.37. The van der Waals surface area contributed by atoms with E-state index in [1.807, 2.05) is 6.92 Å². The smallest absolute Gasteiger partial charge is 0.234 e. The Kier molecular flexibility index (Phi) is 4.75. The van der Waals surface area contributed by atoms with Gasteiger partial charge in [-0.25, -0.2) is 15.0 Å². The third kappa shape index (κ3) is 4.07. The van der Waals surface area contributed by atoms with Crippen molar-refractivity contribution in [1.29, 1.82) is 0 Å². The summed E-state index contributed by atoms with van der Waals surface area (Å²) in [4.78, 5) is 23.9. The van der Waals surface area contributed by atoms with E-state index in [0.29, 0.717) is 16.7 Å². The number of hydrogen-bond donors (Lipinski definition) is 2. The predicted octanol–water partition coefficient (Wildman–Crippen LogP) is 2.15. The van der Waals surface area contributed by atoms with E-state index in [1.165, 1.54) is 11.8 Å². The Hall–Kier alpha value is -1.86. The first kappa shape index (κ1) is 14.5. The lowest BCUT2D eigenvalue weighted by Crippen LogP contribution is -2.15. The number of carbonyl (C=O) groups excluding carboxylic acids is 1. The summed E-state index contributed by atoms with van der Waals surface area (Å²) >= 11 is 7.06. The lowest BCUT2D eigenvalue weighted by molar-refractivity contribution is -0.113. The van der Waals surface area contributed by atoms with Crippen LogP contribution in [0.25, 0.3) is 0 Å². The van der Waals surface area contributed by atoms with Gasteiger partial charge in [-0.15, -0.1) is 0 Å². The number of nitrogens with two attached hydrogens (primary N) is 1. The normalized spacial score (nSPS) is 10.3. The molecular formula is C12H12ClN5OS. The van der Waals surface area contributed by atoms with E-state index in [9.17, 15) is 4.79 Å². The first-order valence-electron chi connectivity index (χ1n) is 5.69. The molecule has 0 saturated heterocycles. The summed E-state index contributed by atoms with van der Waals surface area (Å²) in [7, 11) is 0. The number of thioether (sulfide) groups is 1. The first-order chi connectivity index (χ1) is 9.54. The van der Waals surface area contributed by atoms with E-state index < -0.39 is 0 Å². The summed E-state index contributed by atoms with van der Waals surface area (Å²) < 4.78 is 0. The highest BCUT2D eigenvalue weighted by molar-refractivity contribution is 7.99. The average molecular weight is 310 g/mol. The summed E-state index contributed by atoms with van der Waals surface area (Å²) in [6.07, 6.45) is 1.55. The molecule has 1 amide bonds. The van der Waals surface area contributed by atoms with Crippen LogP contribution in [0.4, 0.5) is 11.5 Å². The molecule has 6 nitrogen and oxygen atoms in total. The Balaban J connectivity index is 1.94. The van der Waals surface area contributed by atoms with E-state index in [1.54, 1.807) is 24.4 Å². The van der Waals surface area contributed by atoms with Crippen LogP contribution in [0.3, 0.4) is 0 Å². The molecule has 0 aromatic carbocycles. The van der Waals surface area contributed by atoms with Gasteiger partial charge in [0.2, 0.25) is 5.91 Å². The van der Waals surface area contributed by atoms with Crippen molar-refractivity contribution in [3.63, 3.8) is 0 Å². The maximum Gasteiger partial charge on any atom is 0.234 e. The van der Waals surface area contributed by atoms with E-state index in [2.05, 4.69) is 20.3 Å². The van der Waals surface area contributed by atoms with Crippen molar-refractivity contribution in [2.45, 2.75) is 12.1 Å². The van der Waals surface area contributed by atoms with E-state index in [-0.39, 0.29) is 16.8 Å². The van der Waals surface area contributed by atoms with Crippen molar-refractivity contribution >= 4 is 40.8 Å². The number of pyridine rings is 1. The molecule has 0 fully saturated rings. The van der Waals surface area contributed by atoms with E-state index >= 15 is 0 Å². The van der Waals surface area contributed by atoms with Gasteiger partial charge < -0.3 is 11.1 Å². The Morgan fingerprint density at radius 3 is 3.00 bits per heavy atom. The lowest BCUT2D eigenvalue weighted by Gasteiger charge is -2.06. The zero-order chi connectivity index (χ0) is 14.5. The van der Waals surface area contributed by atoms with Crippen LogP contribution in [0.15, 0.2) is 29.6 Å². The third-order valence-electron chi connectivity index (χ3n) is 2.22. The molecule has 2 aromatic rings. The maximum atomic E-state index is 11.8. The van der Waals surface area contributed by atoms with Crippen LogP contribution in [-0.2, 0) is 4.79 Å². The molecule has 0 unspecified atom stereocenters. The highest BCUT2D eigenvalue weighted by Crippen LogP contribution is 2.19. The second kappa shape index (κ2) is 6.53. The number of halogens is 1. The monoisotopic (exact) mass is 309 g/mol. The summed E-state index contributed by atoms with van der Waals surface area (Å²) in [5, 5.41) is 3.39. The lowest BCUT2D eigenvalue weighted by atomic mass is 10.4.